The van der Waals surface area contributed by atoms with Crippen molar-refractivity contribution < 1.29 is 13.9 Å². The van der Waals surface area contributed by atoms with E-state index >= 15 is 0 Å². The van der Waals surface area contributed by atoms with Gasteiger partial charge >= 0.3 is 0 Å². The molecule has 1 saturated carbocycles. The minimum Gasteiger partial charge on any atom is -0.381 e. The van der Waals surface area contributed by atoms with Crippen LogP contribution in [0.2, 0.25) is 0 Å². The van der Waals surface area contributed by atoms with E-state index in [1.54, 1.807) is 30.1 Å². The number of fused-ring (bicyclic) bond motifs is 1. The molecule has 3 aromatic heterocycles. The number of amides is 1. The first-order valence-electron chi connectivity index (χ1n) is 11.7. The summed E-state index contributed by atoms with van der Waals surface area (Å²) in [4.78, 5) is 17.0. The standard InChI is InChI=1S/C25H25FN6O2/c1-15-10-20(26)19(25(33)28-18-3-4-18)11-22(15)32-14-21(29-30-32)23-12-27-24-5-2-17(13-31(23)24)16-6-8-34-9-7-16/h2,5,10-14,16,18H,3-4,6-9H2,1H3,(H,28,33). The van der Waals surface area contributed by atoms with Gasteiger partial charge < -0.3 is 10.1 Å². The van der Waals surface area contributed by atoms with Crippen LogP contribution in [0.4, 0.5) is 4.39 Å². The first-order chi connectivity index (χ1) is 16.6. The second-order valence-corrected chi connectivity index (χ2v) is 9.14. The number of pyridine rings is 1. The smallest absolute Gasteiger partial charge is 0.254 e. The second kappa shape index (κ2) is 8.32. The highest BCUT2D eigenvalue weighted by Crippen LogP contribution is 2.29. The molecule has 8 nitrogen and oxygen atoms in total. The monoisotopic (exact) mass is 460 g/mol. The zero-order valence-electron chi connectivity index (χ0n) is 18.9. The van der Waals surface area contributed by atoms with Crippen molar-refractivity contribution >= 4 is 11.6 Å². The summed E-state index contributed by atoms with van der Waals surface area (Å²) in [6.07, 6.45) is 9.58. The Morgan fingerprint density at radius 1 is 1.15 bits per heavy atom. The maximum atomic E-state index is 14.5. The topological polar surface area (TPSA) is 86.3 Å². The van der Waals surface area contributed by atoms with Crippen LogP contribution in [0.25, 0.3) is 22.7 Å². The van der Waals surface area contributed by atoms with Crippen molar-refractivity contribution in [3.05, 3.63) is 65.4 Å². The van der Waals surface area contributed by atoms with Gasteiger partial charge in [-0.2, -0.15) is 0 Å². The van der Waals surface area contributed by atoms with Crippen molar-refractivity contribution in [2.24, 2.45) is 0 Å². The Bertz CT molecular complexity index is 1380. The number of imidazole rings is 1. The van der Waals surface area contributed by atoms with Gasteiger partial charge in [-0.15, -0.1) is 5.10 Å². The van der Waals surface area contributed by atoms with Crippen LogP contribution in [0.3, 0.4) is 0 Å². The lowest BCUT2D eigenvalue weighted by Gasteiger charge is -2.22. The number of hydrogen-bond donors (Lipinski definition) is 1. The first kappa shape index (κ1) is 21.0. The molecule has 6 rings (SSSR count). The molecule has 174 valence electrons. The van der Waals surface area contributed by atoms with E-state index in [1.165, 1.54) is 11.6 Å². The Hall–Kier alpha value is -3.59. The average Bonchev–Trinajstić information content (AvgIpc) is 3.36. The van der Waals surface area contributed by atoms with Crippen molar-refractivity contribution in [2.45, 2.75) is 44.6 Å². The Morgan fingerprint density at radius 3 is 2.76 bits per heavy atom. The highest BCUT2D eigenvalue weighted by molar-refractivity contribution is 5.95. The number of aryl methyl sites for hydroxylation is 1. The van der Waals surface area contributed by atoms with E-state index in [-0.39, 0.29) is 11.6 Å². The number of hydrogen-bond acceptors (Lipinski definition) is 5. The van der Waals surface area contributed by atoms with Gasteiger partial charge in [0.25, 0.3) is 5.91 Å². The second-order valence-electron chi connectivity index (χ2n) is 9.14. The number of nitrogens with one attached hydrogen (secondary N) is 1. The van der Waals surface area contributed by atoms with Gasteiger partial charge in [-0.1, -0.05) is 11.3 Å². The highest BCUT2D eigenvalue weighted by Gasteiger charge is 2.26. The molecule has 0 bridgehead atoms. The summed E-state index contributed by atoms with van der Waals surface area (Å²) < 4.78 is 23.7. The van der Waals surface area contributed by atoms with Crippen molar-refractivity contribution in [1.82, 2.24) is 29.7 Å². The van der Waals surface area contributed by atoms with Gasteiger partial charge in [0.2, 0.25) is 0 Å². The van der Waals surface area contributed by atoms with Crippen molar-refractivity contribution in [1.29, 1.82) is 0 Å². The number of aromatic nitrogens is 5. The molecule has 1 aliphatic carbocycles. The zero-order chi connectivity index (χ0) is 23.2. The fraction of sp³-hybridized carbons (Fsp3) is 0.360. The van der Waals surface area contributed by atoms with E-state index in [9.17, 15) is 9.18 Å². The Kier molecular flexibility index (Phi) is 5.13. The van der Waals surface area contributed by atoms with Crippen LogP contribution in [0.1, 0.15) is 53.1 Å². The Labute approximate surface area is 195 Å². The van der Waals surface area contributed by atoms with E-state index in [4.69, 9.17) is 4.74 Å². The molecule has 1 saturated heterocycles. The molecule has 1 aromatic carbocycles. The van der Waals surface area contributed by atoms with Gasteiger partial charge in [-0.25, -0.2) is 14.1 Å². The maximum Gasteiger partial charge on any atom is 0.254 e. The number of nitrogens with zero attached hydrogens (tertiary/aromatic N) is 5. The predicted molar refractivity (Wildman–Crippen MR) is 124 cm³/mol. The molecule has 2 fully saturated rings. The zero-order valence-corrected chi connectivity index (χ0v) is 18.9. The summed E-state index contributed by atoms with van der Waals surface area (Å²) in [5.74, 6) is -0.475. The lowest BCUT2D eigenvalue weighted by molar-refractivity contribution is 0.0852. The third-order valence-corrected chi connectivity index (χ3v) is 6.67. The number of benzene rings is 1. The van der Waals surface area contributed by atoms with Crippen LogP contribution in [0, 0.1) is 12.7 Å². The van der Waals surface area contributed by atoms with E-state index in [1.807, 2.05) is 10.5 Å². The van der Waals surface area contributed by atoms with Gasteiger partial charge in [0, 0.05) is 25.5 Å². The van der Waals surface area contributed by atoms with Crippen molar-refractivity contribution in [3.63, 3.8) is 0 Å². The molecule has 9 heteroatoms. The molecule has 1 aliphatic heterocycles. The fourth-order valence-electron chi connectivity index (χ4n) is 4.53. The van der Waals surface area contributed by atoms with E-state index in [0.717, 1.165) is 50.2 Å². The lowest BCUT2D eigenvalue weighted by Crippen LogP contribution is -2.26. The minimum absolute atomic E-state index is 0.0143. The fourth-order valence-corrected chi connectivity index (χ4v) is 4.53. The van der Waals surface area contributed by atoms with Crippen LogP contribution in [-0.2, 0) is 4.74 Å². The van der Waals surface area contributed by atoms with Gasteiger partial charge in [0.05, 0.1) is 29.3 Å². The summed E-state index contributed by atoms with van der Waals surface area (Å²) in [7, 11) is 0. The van der Waals surface area contributed by atoms with Crippen LogP contribution >= 0.6 is 0 Å². The molecule has 4 aromatic rings. The average molecular weight is 461 g/mol. The lowest BCUT2D eigenvalue weighted by atomic mass is 9.93. The summed E-state index contributed by atoms with van der Waals surface area (Å²) in [6.45, 7) is 3.35. The quantitative estimate of drug-likeness (QED) is 0.489. The largest absolute Gasteiger partial charge is 0.381 e. The molecule has 1 amide bonds. The predicted octanol–water partition coefficient (Wildman–Crippen LogP) is 3.82. The summed E-state index contributed by atoms with van der Waals surface area (Å²) in [5.41, 5.74) is 4.83. The highest BCUT2D eigenvalue weighted by atomic mass is 19.1. The van der Waals surface area contributed by atoms with Gasteiger partial charge in [0.15, 0.2) is 0 Å². The molecule has 34 heavy (non-hydrogen) atoms. The molecule has 0 atom stereocenters. The van der Waals surface area contributed by atoms with Crippen LogP contribution in [0.15, 0.2) is 42.9 Å². The number of carbonyl (C=O) groups excluding carboxylic acids is 1. The molecule has 0 radical (unpaired) electrons. The Morgan fingerprint density at radius 2 is 1.97 bits per heavy atom. The summed E-state index contributed by atoms with van der Waals surface area (Å²) in [5, 5.41) is 11.5. The number of carbonyl (C=O) groups is 1. The number of halogens is 1. The molecule has 4 heterocycles. The Balaban J connectivity index is 1.34. The minimum atomic E-state index is -0.540. The summed E-state index contributed by atoms with van der Waals surface area (Å²) >= 11 is 0. The SMILES string of the molecule is Cc1cc(F)c(C(=O)NC2CC2)cc1-n1cc(-c2cnc3ccc(C4CCOCC4)cn23)nn1. The van der Waals surface area contributed by atoms with Crippen LogP contribution in [0.5, 0.6) is 0 Å². The van der Waals surface area contributed by atoms with Gasteiger partial charge in [-0.05, 0) is 67.9 Å². The van der Waals surface area contributed by atoms with Gasteiger partial charge in [0.1, 0.15) is 17.2 Å². The maximum absolute atomic E-state index is 14.5. The van der Waals surface area contributed by atoms with E-state index < -0.39 is 11.7 Å². The molecular weight excluding hydrogens is 435 g/mol. The summed E-state index contributed by atoms with van der Waals surface area (Å²) in [6, 6.07) is 7.21. The van der Waals surface area contributed by atoms with E-state index in [0.29, 0.717) is 22.9 Å². The van der Waals surface area contributed by atoms with Crippen LogP contribution < -0.4 is 5.32 Å². The van der Waals surface area contributed by atoms with Crippen LogP contribution in [-0.4, -0.2) is 49.5 Å². The molecule has 0 unspecified atom stereocenters. The first-order valence-corrected chi connectivity index (χ1v) is 11.7. The number of rotatable bonds is 5. The van der Waals surface area contributed by atoms with Gasteiger partial charge in [-0.3, -0.25) is 9.20 Å². The van der Waals surface area contributed by atoms with E-state index in [2.05, 4.69) is 32.9 Å². The third-order valence-electron chi connectivity index (χ3n) is 6.67. The third kappa shape index (κ3) is 3.86. The van der Waals surface area contributed by atoms with Crippen molar-refractivity contribution in [3.8, 4) is 17.1 Å². The normalized spacial score (nSPS) is 16.8. The number of ether oxygens (including phenoxy) is 1. The molecule has 1 N–H and O–H groups in total. The van der Waals surface area contributed by atoms with Crippen molar-refractivity contribution in [2.75, 3.05) is 13.2 Å². The molecule has 2 aliphatic rings. The molecule has 0 spiro atoms. The molecular formula is C25H25FN6O2.